The van der Waals surface area contributed by atoms with Crippen LogP contribution in [0.15, 0.2) is 54.2 Å². The Hall–Kier alpha value is -2.09. The summed E-state index contributed by atoms with van der Waals surface area (Å²) in [4.78, 5) is 0. The van der Waals surface area contributed by atoms with Gasteiger partial charge in [0, 0.05) is 17.3 Å². The number of hydrogen-bond acceptors (Lipinski definition) is 4. The Kier molecular flexibility index (Phi) is 6.93. The van der Waals surface area contributed by atoms with Crippen molar-refractivity contribution < 1.29 is 13.5 Å². The Balaban J connectivity index is 1.72. The molecule has 0 unspecified atom stereocenters. The van der Waals surface area contributed by atoms with E-state index in [1.54, 1.807) is 12.1 Å². The third-order valence-electron chi connectivity index (χ3n) is 3.73. The third kappa shape index (κ3) is 5.04. The number of ether oxygens (including phenoxy) is 1. The first-order chi connectivity index (χ1) is 13.5. The van der Waals surface area contributed by atoms with Crippen LogP contribution in [0.4, 0.5) is 8.78 Å². The summed E-state index contributed by atoms with van der Waals surface area (Å²) >= 11 is 13.5. The Morgan fingerprint density at radius 3 is 2.46 bits per heavy atom. The van der Waals surface area contributed by atoms with Crippen LogP contribution in [0.2, 0.25) is 10.0 Å². The summed E-state index contributed by atoms with van der Waals surface area (Å²) in [5, 5.41) is 9.52. The quantitative estimate of drug-likeness (QED) is 0.321. The summed E-state index contributed by atoms with van der Waals surface area (Å²) in [6.45, 7) is 4.33. The molecule has 4 nitrogen and oxygen atoms in total. The summed E-state index contributed by atoms with van der Waals surface area (Å²) in [7, 11) is 0. The summed E-state index contributed by atoms with van der Waals surface area (Å²) in [5.74, 6) is 0.591. The van der Waals surface area contributed by atoms with E-state index in [4.69, 9.17) is 27.9 Å². The number of allylic oxidation sites excluding steroid dienone is 1. The maximum Gasteiger partial charge on any atom is 0.191 e. The van der Waals surface area contributed by atoms with Crippen LogP contribution in [-0.4, -0.2) is 14.8 Å². The van der Waals surface area contributed by atoms with E-state index in [9.17, 15) is 8.78 Å². The molecule has 0 saturated carbocycles. The van der Waals surface area contributed by atoms with Gasteiger partial charge in [0.2, 0.25) is 0 Å². The predicted molar refractivity (Wildman–Crippen MR) is 107 cm³/mol. The van der Waals surface area contributed by atoms with Crippen LogP contribution in [0.3, 0.4) is 0 Å². The van der Waals surface area contributed by atoms with Gasteiger partial charge in [-0.3, -0.25) is 4.57 Å². The van der Waals surface area contributed by atoms with Gasteiger partial charge in [-0.15, -0.1) is 16.8 Å². The molecule has 3 aromatic rings. The van der Waals surface area contributed by atoms with Gasteiger partial charge in [-0.2, -0.15) is 0 Å². The van der Waals surface area contributed by atoms with Crippen molar-refractivity contribution in [3.8, 4) is 5.75 Å². The molecule has 1 heterocycles. The number of hydrogen-bond donors (Lipinski definition) is 0. The molecule has 3 rings (SSSR count). The number of benzene rings is 2. The maximum absolute atomic E-state index is 13.2. The first-order valence-corrected chi connectivity index (χ1v) is 9.89. The zero-order valence-corrected chi connectivity index (χ0v) is 16.9. The molecule has 0 aliphatic heterocycles. The SMILES string of the molecule is C=CCn1c(COc2ccc(F)cc2Cl)nnc1SCc1ccc(F)cc1Cl. The first-order valence-electron chi connectivity index (χ1n) is 8.15. The van der Waals surface area contributed by atoms with Gasteiger partial charge < -0.3 is 4.74 Å². The largest absolute Gasteiger partial charge is 0.484 e. The van der Waals surface area contributed by atoms with Gasteiger partial charge in [0.05, 0.1) is 5.02 Å². The summed E-state index contributed by atoms with van der Waals surface area (Å²) in [5.41, 5.74) is 0.789. The Bertz CT molecular complexity index is 924. The van der Waals surface area contributed by atoms with Crippen LogP contribution in [0.25, 0.3) is 0 Å². The van der Waals surface area contributed by atoms with E-state index in [0.717, 1.165) is 5.56 Å². The second-order valence-corrected chi connectivity index (χ2v) is 7.44. The van der Waals surface area contributed by atoms with Gasteiger partial charge in [-0.25, -0.2) is 8.78 Å². The molecule has 28 heavy (non-hydrogen) atoms. The fourth-order valence-electron chi connectivity index (χ4n) is 2.36. The summed E-state index contributed by atoms with van der Waals surface area (Å²) < 4.78 is 33.8. The van der Waals surface area contributed by atoms with E-state index in [2.05, 4.69) is 16.8 Å². The molecule has 0 N–H and O–H groups in total. The van der Waals surface area contributed by atoms with Crippen molar-refractivity contribution in [1.82, 2.24) is 14.8 Å². The fourth-order valence-corrected chi connectivity index (χ4v) is 3.87. The highest BCUT2D eigenvalue weighted by molar-refractivity contribution is 7.98. The number of aromatic nitrogens is 3. The molecule has 0 aliphatic carbocycles. The lowest BCUT2D eigenvalue weighted by Gasteiger charge is -2.10. The highest BCUT2D eigenvalue weighted by Crippen LogP contribution is 2.28. The molecule has 146 valence electrons. The van der Waals surface area contributed by atoms with Crippen molar-refractivity contribution in [2.24, 2.45) is 0 Å². The number of rotatable bonds is 8. The van der Waals surface area contributed by atoms with Crippen LogP contribution in [0.1, 0.15) is 11.4 Å². The lowest BCUT2D eigenvalue weighted by Crippen LogP contribution is -2.07. The lowest BCUT2D eigenvalue weighted by atomic mass is 10.2. The maximum atomic E-state index is 13.2. The van der Waals surface area contributed by atoms with Gasteiger partial charge in [-0.1, -0.05) is 47.1 Å². The highest BCUT2D eigenvalue weighted by atomic mass is 35.5. The van der Waals surface area contributed by atoms with Crippen molar-refractivity contribution in [3.05, 3.63) is 82.1 Å². The van der Waals surface area contributed by atoms with E-state index in [0.29, 0.717) is 34.1 Å². The van der Waals surface area contributed by atoms with E-state index < -0.39 is 5.82 Å². The minimum absolute atomic E-state index is 0.101. The summed E-state index contributed by atoms with van der Waals surface area (Å²) in [6, 6.07) is 8.18. The molecular formula is C19H15Cl2F2N3OS. The molecule has 9 heteroatoms. The highest BCUT2D eigenvalue weighted by Gasteiger charge is 2.14. The molecule has 0 saturated heterocycles. The minimum atomic E-state index is -0.440. The first kappa shape index (κ1) is 20.6. The van der Waals surface area contributed by atoms with Crippen LogP contribution in [0.5, 0.6) is 5.75 Å². The molecule has 0 atom stereocenters. The molecular weight excluding hydrogens is 427 g/mol. The molecule has 0 fully saturated rings. The number of nitrogens with zero attached hydrogens (tertiary/aromatic N) is 3. The van der Waals surface area contributed by atoms with Crippen LogP contribution < -0.4 is 4.74 Å². The van der Waals surface area contributed by atoms with Crippen molar-refractivity contribution >= 4 is 35.0 Å². The molecule has 0 amide bonds. The predicted octanol–water partition coefficient (Wildman–Crippen LogP) is 5.92. The molecule has 0 bridgehead atoms. The van der Waals surface area contributed by atoms with E-state index in [-0.39, 0.29) is 17.4 Å². The monoisotopic (exact) mass is 441 g/mol. The van der Waals surface area contributed by atoms with E-state index in [1.165, 1.54) is 42.1 Å². The lowest BCUT2D eigenvalue weighted by molar-refractivity contribution is 0.289. The second-order valence-electron chi connectivity index (χ2n) is 5.69. The van der Waals surface area contributed by atoms with Gasteiger partial charge in [-0.05, 0) is 35.9 Å². The van der Waals surface area contributed by atoms with E-state index in [1.807, 2.05) is 4.57 Å². The average Bonchev–Trinajstić information content (AvgIpc) is 3.02. The van der Waals surface area contributed by atoms with Gasteiger partial charge >= 0.3 is 0 Å². The van der Waals surface area contributed by atoms with Crippen LogP contribution >= 0.6 is 35.0 Å². The zero-order chi connectivity index (χ0) is 20.1. The Morgan fingerprint density at radius 2 is 1.79 bits per heavy atom. The Morgan fingerprint density at radius 1 is 1.07 bits per heavy atom. The van der Waals surface area contributed by atoms with Gasteiger partial charge in [0.1, 0.15) is 24.0 Å². The molecule has 1 aromatic heterocycles. The number of halogens is 4. The van der Waals surface area contributed by atoms with Crippen LogP contribution in [-0.2, 0) is 18.9 Å². The van der Waals surface area contributed by atoms with Gasteiger partial charge in [0.15, 0.2) is 11.0 Å². The Labute approximate surface area is 175 Å². The molecule has 2 aromatic carbocycles. The second kappa shape index (κ2) is 9.41. The molecule has 0 spiro atoms. The van der Waals surface area contributed by atoms with Crippen molar-refractivity contribution in [1.29, 1.82) is 0 Å². The van der Waals surface area contributed by atoms with Crippen LogP contribution in [0, 0.1) is 11.6 Å². The third-order valence-corrected chi connectivity index (χ3v) is 5.39. The normalized spacial score (nSPS) is 10.9. The average molecular weight is 442 g/mol. The summed E-state index contributed by atoms with van der Waals surface area (Å²) in [6.07, 6.45) is 1.71. The van der Waals surface area contributed by atoms with Gasteiger partial charge in [0.25, 0.3) is 0 Å². The van der Waals surface area contributed by atoms with E-state index >= 15 is 0 Å². The minimum Gasteiger partial charge on any atom is -0.484 e. The fraction of sp³-hybridized carbons (Fsp3) is 0.158. The zero-order valence-electron chi connectivity index (χ0n) is 14.5. The van der Waals surface area contributed by atoms with Crippen molar-refractivity contribution in [3.63, 3.8) is 0 Å². The smallest absolute Gasteiger partial charge is 0.191 e. The number of thioether (sulfide) groups is 1. The molecule has 0 radical (unpaired) electrons. The topological polar surface area (TPSA) is 39.9 Å². The van der Waals surface area contributed by atoms with Crippen molar-refractivity contribution in [2.75, 3.05) is 0 Å². The molecule has 0 aliphatic rings. The van der Waals surface area contributed by atoms with Crippen molar-refractivity contribution in [2.45, 2.75) is 24.1 Å². The standard InChI is InChI=1S/C19H15Cl2F2N3OS/c1-2-7-26-18(10-27-17-6-5-14(23)9-16(17)21)24-25-19(26)28-11-12-3-4-13(22)8-15(12)20/h2-6,8-9H,1,7,10-11H2.